The Balaban J connectivity index is 1.33. The quantitative estimate of drug-likeness (QED) is 0.647. The highest BCUT2D eigenvalue weighted by Crippen LogP contribution is 2.36. The third-order valence-electron chi connectivity index (χ3n) is 5.41. The molecule has 1 amide bonds. The molecule has 0 aliphatic carbocycles. The van der Waals surface area contributed by atoms with Crippen LogP contribution in [0.15, 0.2) is 42.6 Å². The maximum atomic E-state index is 13.0. The largest absolute Gasteiger partial charge is 0.493 e. The van der Waals surface area contributed by atoms with Gasteiger partial charge >= 0.3 is 6.18 Å². The van der Waals surface area contributed by atoms with E-state index in [0.717, 1.165) is 23.9 Å². The predicted molar refractivity (Wildman–Crippen MR) is 106 cm³/mol. The summed E-state index contributed by atoms with van der Waals surface area (Å²) in [7, 11) is 1.73. The lowest BCUT2D eigenvalue weighted by atomic mass is 10.0. The molecular formula is C21H22F3N5O2. The number of H-pyrrole nitrogens is 1. The summed E-state index contributed by atoms with van der Waals surface area (Å²) in [5.74, 6) is -0.140. The number of alkyl halides is 3. The van der Waals surface area contributed by atoms with Crippen molar-refractivity contribution in [3.05, 3.63) is 65.2 Å². The summed E-state index contributed by atoms with van der Waals surface area (Å²) in [6.45, 7) is 1.28. The van der Waals surface area contributed by atoms with Crippen molar-refractivity contribution in [2.45, 2.75) is 24.9 Å². The molecule has 4 rings (SSSR count). The number of ether oxygens (including phenoxy) is 1. The van der Waals surface area contributed by atoms with Crippen LogP contribution in [-0.2, 0) is 19.6 Å². The van der Waals surface area contributed by atoms with Crippen LogP contribution >= 0.6 is 0 Å². The minimum atomic E-state index is -4.46. The maximum Gasteiger partial charge on any atom is 0.419 e. The van der Waals surface area contributed by atoms with E-state index in [1.807, 2.05) is 6.07 Å². The van der Waals surface area contributed by atoms with E-state index in [4.69, 9.17) is 4.74 Å². The molecule has 2 aromatic heterocycles. The van der Waals surface area contributed by atoms with E-state index in [0.29, 0.717) is 25.2 Å². The van der Waals surface area contributed by atoms with Gasteiger partial charge in [-0.05, 0) is 30.7 Å². The van der Waals surface area contributed by atoms with Gasteiger partial charge in [0.2, 0.25) is 0 Å². The number of benzene rings is 1. The zero-order valence-corrected chi connectivity index (χ0v) is 16.9. The highest BCUT2D eigenvalue weighted by atomic mass is 19.4. The summed E-state index contributed by atoms with van der Waals surface area (Å²) in [5.41, 5.74) is 1.37. The molecule has 0 bridgehead atoms. The van der Waals surface area contributed by atoms with Gasteiger partial charge in [0.05, 0.1) is 17.9 Å². The van der Waals surface area contributed by atoms with Crippen molar-refractivity contribution in [2.24, 2.45) is 7.05 Å². The number of amides is 1. The fourth-order valence-corrected chi connectivity index (χ4v) is 3.75. The van der Waals surface area contributed by atoms with Gasteiger partial charge in [-0.15, -0.1) is 0 Å². The van der Waals surface area contributed by atoms with Crippen LogP contribution in [0.25, 0.3) is 0 Å². The normalized spacial score (nSPS) is 16.6. The Labute approximate surface area is 176 Å². The zero-order chi connectivity index (χ0) is 22.0. The van der Waals surface area contributed by atoms with Crippen LogP contribution in [0.2, 0.25) is 0 Å². The Hall–Kier alpha value is -3.30. The summed E-state index contributed by atoms with van der Waals surface area (Å²) in [6.07, 6.45) is -1.68. The number of para-hydroxylation sites is 1. The molecule has 0 spiro atoms. The second kappa shape index (κ2) is 8.44. The van der Waals surface area contributed by atoms with E-state index in [-0.39, 0.29) is 24.2 Å². The first-order valence-electron chi connectivity index (χ1n) is 9.93. The molecule has 3 heterocycles. The van der Waals surface area contributed by atoms with Crippen molar-refractivity contribution in [1.29, 1.82) is 0 Å². The zero-order valence-electron chi connectivity index (χ0n) is 16.9. The Morgan fingerprint density at radius 2 is 2.10 bits per heavy atom. The Bertz CT molecular complexity index is 1060. The number of likely N-dealkylation sites (tertiary alicyclic amines) is 1. The first-order valence-corrected chi connectivity index (χ1v) is 9.93. The summed E-state index contributed by atoms with van der Waals surface area (Å²) < 4.78 is 46.1. The van der Waals surface area contributed by atoms with E-state index >= 15 is 0 Å². The number of halogens is 3. The molecule has 0 radical (unpaired) electrons. The number of carbonyl (C=O) groups is 1. The third kappa shape index (κ3) is 4.57. The van der Waals surface area contributed by atoms with Crippen molar-refractivity contribution in [3.63, 3.8) is 0 Å². The lowest BCUT2D eigenvalue weighted by Crippen LogP contribution is -2.30. The van der Waals surface area contributed by atoms with Crippen molar-refractivity contribution in [1.82, 2.24) is 24.9 Å². The van der Waals surface area contributed by atoms with Crippen molar-refractivity contribution < 1.29 is 22.7 Å². The highest BCUT2D eigenvalue weighted by Gasteiger charge is 2.34. The second-order valence-corrected chi connectivity index (χ2v) is 7.49. The van der Waals surface area contributed by atoms with Crippen molar-refractivity contribution in [3.8, 4) is 5.75 Å². The molecule has 1 aliphatic rings. The van der Waals surface area contributed by atoms with Crippen molar-refractivity contribution >= 4 is 5.91 Å². The SMILES string of the molecule is Cn1nccc1C(=O)N1CC[C@H](c2cc(CCOc3ccccc3C(F)(F)F)[nH]n2)C1. The molecule has 1 fully saturated rings. The standard InChI is InChI=1S/C21H22F3N5O2/c1-28-18(6-9-25-28)20(30)29-10-7-14(13-29)17-12-15(26-27-17)8-11-31-19-5-3-2-4-16(19)21(22,23)24/h2-6,9,12,14H,7-8,10-11,13H2,1H3,(H,26,27)/t14-/m0/s1. The van der Waals surface area contributed by atoms with E-state index in [1.54, 1.807) is 28.9 Å². The van der Waals surface area contributed by atoms with Gasteiger partial charge in [0, 0.05) is 44.4 Å². The van der Waals surface area contributed by atoms with E-state index in [1.165, 1.54) is 18.2 Å². The van der Waals surface area contributed by atoms with Crippen LogP contribution in [0.1, 0.15) is 39.8 Å². The van der Waals surface area contributed by atoms with E-state index in [9.17, 15) is 18.0 Å². The van der Waals surface area contributed by atoms with Gasteiger partial charge in [0.1, 0.15) is 11.4 Å². The molecule has 3 aromatic rings. The van der Waals surface area contributed by atoms with Gasteiger partial charge in [-0.3, -0.25) is 14.6 Å². The third-order valence-corrected chi connectivity index (χ3v) is 5.41. The number of nitrogens with one attached hydrogen (secondary N) is 1. The number of aryl methyl sites for hydroxylation is 1. The molecule has 1 aromatic carbocycles. The smallest absolute Gasteiger partial charge is 0.419 e. The van der Waals surface area contributed by atoms with Gasteiger partial charge < -0.3 is 9.64 Å². The number of hydrogen-bond donors (Lipinski definition) is 1. The molecule has 7 nitrogen and oxygen atoms in total. The molecule has 0 saturated carbocycles. The Kier molecular flexibility index (Phi) is 5.71. The van der Waals surface area contributed by atoms with Crippen LogP contribution in [0.5, 0.6) is 5.75 Å². The van der Waals surface area contributed by atoms with Crippen LogP contribution in [-0.4, -0.2) is 50.5 Å². The molecule has 10 heteroatoms. The highest BCUT2D eigenvalue weighted by molar-refractivity contribution is 5.92. The monoisotopic (exact) mass is 433 g/mol. The summed E-state index contributed by atoms with van der Waals surface area (Å²) >= 11 is 0. The lowest BCUT2D eigenvalue weighted by molar-refractivity contribution is -0.138. The van der Waals surface area contributed by atoms with Gasteiger partial charge in [0.15, 0.2) is 0 Å². The number of aromatic amines is 1. The van der Waals surface area contributed by atoms with Gasteiger partial charge in [-0.25, -0.2) is 0 Å². The van der Waals surface area contributed by atoms with E-state index < -0.39 is 11.7 Å². The minimum absolute atomic E-state index is 0.0602. The molecule has 31 heavy (non-hydrogen) atoms. The predicted octanol–water partition coefficient (Wildman–Crippen LogP) is 3.41. The van der Waals surface area contributed by atoms with Crippen molar-refractivity contribution in [2.75, 3.05) is 19.7 Å². The topological polar surface area (TPSA) is 76.0 Å². The van der Waals surface area contributed by atoms with Gasteiger partial charge in [-0.2, -0.15) is 23.4 Å². The fraction of sp³-hybridized carbons (Fsp3) is 0.381. The molecule has 1 N–H and O–H groups in total. The first-order chi connectivity index (χ1) is 14.8. The Morgan fingerprint density at radius 3 is 2.84 bits per heavy atom. The fourth-order valence-electron chi connectivity index (χ4n) is 3.75. The number of carbonyl (C=O) groups excluding carboxylic acids is 1. The molecule has 1 aliphatic heterocycles. The van der Waals surface area contributed by atoms with Gasteiger partial charge in [0.25, 0.3) is 5.91 Å². The van der Waals surface area contributed by atoms with Gasteiger partial charge in [-0.1, -0.05) is 12.1 Å². The molecule has 1 atom stereocenters. The molecule has 164 valence electrons. The summed E-state index contributed by atoms with van der Waals surface area (Å²) in [6, 6.07) is 8.75. The molecule has 0 unspecified atom stereocenters. The second-order valence-electron chi connectivity index (χ2n) is 7.49. The van der Waals surface area contributed by atoms with Crippen LogP contribution in [0.4, 0.5) is 13.2 Å². The van der Waals surface area contributed by atoms with Crippen LogP contribution < -0.4 is 4.74 Å². The minimum Gasteiger partial charge on any atom is -0.493 e. The summed E-state index contributed by atoms with van der Waals surface area (Å²) in [5, 5.41) is 11.3. The lowest BCUT2D eigenvalue weighted by Gasteiger charge is -2.15. The number of nitrogens with zero attached hydrogens (tertiary/aromatic N) is 4. The number of aromatic nitrogens is 4. The number of rotatable bonds is 6. The average molecular weight is 433 g/mol. The van der Waals surface area contributed by atoms with Crippen LogP contribution in [0.3, 0.4) is 0 Å². The summed E-state index contributed by atoms with van der Waals surface area (Å²) in [4.78, 5) is 14.4. The molecular weight excluding hydrogens is 411 g/mol. The first kappa shape index (κ1) is 21.0. The number of hydrogen-bond acceptors (Lipinski definition) is 4. The molecule has 1 saturated heterocycles. The van der Waals surface area contributed by atoms with E-state index in [2.05, 4.69) is 15.3 Å². The van der Waals surface area contributed by atoms with Crippen LogP contribution in [0, 0.1) is 0 Å². The Morgan fingerprint density at radius 1 is 1.29 bits per heavy atom. The average Bonchev–Trinajstić information content (AvgIpc) is 3.47. The maximum absolute atomic E-state index is 13.0.